The number of carbonyl (C=O) groups is 2. The van der Waals surface area contributed by atoms with Gasteiger partial charge in [-0.15, -0.1) is 0 Å². The fourth-order valence-electron chi connectivity index (χ4n) is 3.97. The van der Waals surface area contributed by atoms with Gasteiger partial charge < -0.3 is 15.2 Å². The predicted molar refractivity (Wildman–Crippen MR) is 115 cm³/mol. The molecule has 4 rings (SSSR count). The summed E-state index contributed by atoms with van der Waals surface area (Å²) in [5.41, 5.74) is 2.87. The molecular formula is C23H24N6O2. The van der Waals surface area contributed by atoms with E-state index in [0.717, 1.165) is 18.5 Å². The number of para-hydroxylation sites is 1. The first-order chi connectivity index (χ1) is 15.1. The summed E-state index contributed by atoms with van der Waals surface area (Å²) in [5.74, 6) is -0.356. The van der Waals surface area contributed by atoms with Crippen LogP contribution in [-0.2, 0) is 0 Å². The highest BCUT2D eigenvalue weighted by atomic mass is 16.2. The minimum absolute atomic E-state index is 0.0503. The van der Waals surface area contributed by atoms with E-state index >= 15 is 0 Å². The molecule has 3 heterocycles. The smallest absolute Gasteiger partial charge is 0.270 e. The van der Waals surface area contributed by atoms with Gasteiger partial charge in [0.1, 0.15) is 17.5 Å². The van der Waals surface area contributed by atoms with Crippen LogP contribution in [0.25, 0.3) is 5.69 Å². The van der Waals surface area contributed by atoms with Crippen LogP contribution in [0.3, 0.4) is 0 Å². The Morgan fingerprint density at radius 3 is 2.77 bits per heavy atom. The number of nitrogens with zero attached hydrogens (tertiary/aromatic N) is 4. The zero-order valence-electron chi connectivity index (χ0n) is 17.3. The zero-order chi connectivity index (χ0) is 21.8. The summed E-state index contributed by atoms with van der Waals surface area (Å²) >= 11 is 0. The summed E-state index contributed by atoms with van der Waals surface area (Å²) in [7, 11) is 0. The molecule has 0 saturated carbocycles. The Bertz CT molecular complexity index is 1120. The second kappa shape index (κ2) is 8.88. The first-order valence-electron chi connectivity index (χ1n) is 10.4. The van der Waals surface area contributed by atoms with Gasteiger partial charge in [-0.3, -0.25) is 9.59 Å². The average Bonchev–Trinajstić information content (AvgIpc) is 3.47. The van der Waals surface area contributed by atoms with Gasteiger partial charge in [-0.25, -0.2) is 4.68 Å². The Morgan fingerprint density at radius 2 is 2.06 bits per heavy atom. The number of likely N-dealkylation sites (tertiary alicyclic amines) is 1. The largest absolute Gasteiger partial charge is 0.352 e. The summed E-state index contributed by atoms with van der Waals surface area (Å²) in [6.45, 7) is 3.51. The molecule has 3 aromatic rings. The Balaban J connectivity index is 1.62. The van der Waals surface area contributed by atoms with Crippen LogP contribution < -0.4 is 5.32 Å². The fourth-order valence-corrected chi connectivity index (χ4v) is 3.97. The molecule has 0 aliphatic carbocycles. The molecule has 31 heavy (non-hydrogen) atoms. The van der Waals surface area contributed by atoms with Crippen molar-refractivity contribution in [2.24, 2.45) is 0 Å². The molecule has 0 radical (unpaired) electrons. The van der Waals surface area contributed by atoms with Gasteiger partial charge in [0, 0.05) is 31.7 Å². The van der Waals surface area contributed by atoms with Gasteiger partial charge in [0.15, 0.2) is 0 Å². The monoisotopic (exact) mass is 416 g/mol. The number of rotatable bonds is 5. The van der Waals surface area contributed by atoms with Crippen molar-refractivity contribution in [1.82, 2.24) is 25.0 Å². The lowest BCUT2D eigenvalue weighted by atomic mass is 9.92. The summed E-state index contributed by atoms with van der Waals surface area (Å²) < 4.78 is 1.73. The number of carbonyl (C=O) groups excluding carboxylic acids is 2. The summed E-state index contributed by atoms with van der Waals surface area (Å²) in [6.07, 6.45) is 3.42. The SMILES string of the molecule is CCNC(=O)c1cn(-c2ccccc2)nc1C1CCCN(C(=O)c2ccc(C#N)[nH]2)C1. The molecule has 0 bridgehead atoms. The van der Waals surface area contributed by atoms with E-state index in [4.69, 9.17) is 10.4 Å². The van der Waals surface area contributed by atoms with Gasteiger partial charge in [0.2, 0.25) is 0 Å². The van der Waals surface area contributed by atoms with Crippen LogP contribution in [0, 0.1) is 11.3 Å². The summed E-state index contributed by atoms with van der Waals surface area (Å²) in [4.78, 5) is 30.3. The molecule has 1 fully saturated rings. The summed E-state index contributed by atoms with van der Waals surface area (Å²) in [6, 6.07) is 14.9. The van der Waals surface area contributed by atoms with E-state index in [1.807, 2.05) is 43.3 Å². The van der Waals surface area contributed by atoms with Gasteiger partial charge in [-0.05, 0) is 44.0 Å². The molecular weight excluding hydrogens is 392 g/mol. The molecule has 1 atom stereocenters. The van der Waals surface area contributed by atoms with Crippen molar-refractivity contribution >= 4 is 11.8 Å². The van der Waals surface area contributed by atoms with Crippen molar-refractivity contribution < 1.29 is 9.59 Å². The molecule has 1 saturated heterocycles. The molecule has 2 amide bonds. The van der Waals surface area contributed by atoms with Crippen LogP contribution in [-0.4, -0.2) is 51.1 Å². The molecule has 1 aliphatic rings. The van der Waals surface area contributed by atoms with Gasteiger partial charge in [0.05, 0.1) is 16.9 Å². The zero-order valence-corrected chi connectivity index (χ0v) is 17.3. The van der Waals surface area contributed by atoms with Gasteiger partial charge in [-0.2, -0.15) is 10.4 Å². The van der Waals surface area contributed by atoms with E-state index < -0.39 is 0 Å². The van der Waals surface area contributed by atoms with Crippen LogP contribution in [0.2, 0.25) is 0 Å². The Morgan fingerprint density at radius 1 is 1.26 bits per heavy atom. The molecule has 1 aromatic carbocycles. The molecule has 2 aromatic heterocycles. The van der Waals surface area contributed by atoms with Crippen LogP contribution >= 0.6 is 0 Å². The minimum atomic E-state index is -0.161. The Labute approximate surface area is 180 Å². The number of piperidine rings is 1. The standard InChI is InChI=1S/C23H24N6O2/c1-2-25-22(30)19-15-29(18-8-4-3-5-9-18)27-21(19)16-7-6-12-28(14-16)23(31)20-11-10-17(13-24)26-20/h3-5,8-11,15-16,26H,2,6-7,12,14H2,1H3,(H,25,30). The molecule has 8 heteroatoms. The topological polar surface area (TPSA) is 107 Å². The maximum absolute atomic E-state index is 12.9. The second-order valence-electron chi connectivity index (χ2n) is 7.56. The van der Waals surface area contributed by atoms with Crippen molar-refractivity contribution in [1.29, 1.82) is 5.26 Å². The maximum Gasteiger partial charge on any atom is 0.270 e. The van der Waals surface area contributed by atoms with Crippen LogP contribution in [0.15, 0.2) is 48.7 Å². The first-order valence-corrected chi connectivity index (χ1v) is 10.4. The third-order valence-electron chi connectivity index (χ3n) is 5.48. The molecule has 158 valence electrons. The Kier molecular flexibility index (Phi) is 5.85. The quantitative estimate of drug-likeness (QED) is 0.667. The average molecular weight is 416 g/mol. The number of aromatic amines is 1. The maximum atomic E-state index is 12.9. The van der Waals surface area contributed by atoms with Gasteiger partial charge >= 0.3 is 0 Å². The lowest BCUT2D eigenvalue weighted by Crippen LogP contribution is -2.40. The van der Waals surface area contributed by atoms with E-state index in [9.17, 15) is 9.59 Å². The van der Waals surface area contributed by atoms with Gasteiger partial charge in [0.25, 0.3) is 11.8 Å². The highest BCUT2D eigenvalue weighted by Gasteiger charge is 2.31. The highest BCUT2D eigenvalue weighted by Crippen LogP contribution is 2.30. The van der Waals surface area contributed by atoms with Crippen LogP contribution in [0.4, 0.5) is 0 Å². The number of nitriles is 1. The minimum Gasteiger partial charge on any atom is -0.352 e. The number of aromatic nitrogens is 3. The van der Waals surface area contributed by atoms with E-state index in [0.29, 0.717) is 42.3 Å². The normalized spacial score (nSPS) is 16.0. The number of hydrogen-bond acceptors (Lipinski definition) is 4. The number of nitrogens with one attached hydrogen (secondary N) is 2. The fraction of sp³-hybridized carbons (Fsp3) is 0.304. The number of benzene rings is 1. The van der Waals surface area contributed by atoms with Gasteiger partial charge in [-0.1, -0.05) is 18.2 Å². The number of hydrogen-bond donors (Lipinski definition) is 2. The molecule has 1 unspecified atom stereocenters. The van der Waals surface area contributed by atoms with E-state index in [-0.39, 0.29) is 17.7 Å². The second-order valence-corrected chi connectivity index (χ2v) is 7.56. The van der Waals surface area contributed by atoms with Crippen molar-refractivity contribution in [2.45, 2.75) is 25.7 Å². The highest BCUT2D eigenvalue weighted by molar-refractivity contribution is 5.95. The van der Waals surface area contributed by atoms with Crippen molar-refractivity contribution in [2.75, 3.05) is 19.6 Å². The number of amides is 2. The van der Waals surface area contributed by atoms with Crippen LogP contribution in [0.5, 0.6) is 0 Å². The molecule has 0 spiro atoms. The summed E-state index contributed by atoms with van der Waals surface area (Å²) in [5, 5.41) is 16.6. The molecule has 8 nitrogen and oxygen atoms in total. The Hall–Kier alpha value is -3.86. The van der Waals surface area contributed by atoms with E-state index in [1.54, 1.807) is 27.9 Å². The predicted octanol–water partition coefficient (Wildman–Crippen LogP) is 2.84. The van der Waals surface area contributed by atoms with Crippen LogP contribution in [0.1, 0.15) is 57.9 Å². The number of H-pyrrole nitrogens is 1. The third kappa shape index (κ3) is 4.21. The van der Waals surface area contributed by atoms with Crippen molar-refractivity contribution in [3.63, 3.8) is 0 Å². The van der Waals surface area contributed by atoms with E-state index in [2.05, 4.69) is 10.3 Å². The van der Waals surface area contributed by atoms with Crippen molar-refractivity contribution in [3.05, 3.63) is 71.3 Å². The first kappa shape index (κ1) is 20.4. The lowest BCUT2D eigenvalue weighted by molar-refractivity contribution is 0.0700. The lowest BCUT2D eigenvalue weighted by Gasteiger charge is -2.32. The molecule has 1 aliphatic heterocycles. The molecule has 2 N–H and O–H groups in total. The third-order valence-corrected chi connectivity index (χ3v) is 5.48. The van der Waals surface area contributed by atoms with Crippen molar-refractivity contribution in [3.8, 4) is 11.8 Å². The van der Waals surface area contributed by atoms with E-state index in [1.165, 1.54) is 0 Å².